The molecule has 0 amide bonds. The van der Waals surface area contributed by atoms with Crippen LogP contribution in [0.3, 0.4) is 0 Å². The molecule has 0 aliphatic carbocycles. The Kier molecular flexibility index (Phi) is 4.44. The Hall–Kier alpha value is -1.53. The zero-order valence-corrected chi connectivity index (χ0v) is 11.2. The number of hydrogen-bond acceptors (Lipinski definition) is 5. The molecule has 1 saturated heterocycles. The van der Waals surface area contributed by atoms with Crippen molar-refractivity contribution < 1.29 is 14.6 Å². The molecule has 1 aromatic heterocycles. The van der Waals surface area contributed by atoms with Crippen LogP contribution in [0, 0.1) is 0 Å². The average molecular weight is 265 g/mol. The fraction of sp³-hybridized carbons (Fsp3) is 0.615. The van der Waals surface area contributed by atoms with Crippen LogP contribution in [-0.4, -0.2) is 51.7 Å². The summed E-state index contributed by atoms with van der Waals surface area (Å²) in [6.45, 7) is 3.57. The van der Waals surface area contributed by atoms with Crippen molar-refractivity contribution in [2.45, 2.75) is 38.5 Å². The third-order valence-corrected chi connectivity index (χ3v) is 3.68. The standard InChI is InChI=1S/C13H19N3O3/c1-9-5-10(19-2)3-4-16(9)7-12-11(13(17)18)6-14-8-15-12/h6,8-10H,3-5,7H2,1-2H3,(H,17,18). The summed E-state index contributed by atoms with van der Waals surface area (Å²) >= 11 is 0. The molecular formula is C13H19N3O3. The Morgan fingerprint density at radius 2 is 2.42 bits per heavy atom. The van der Waals surface area contributed by atoms with Crippen LogP contribution in [0.5, 0.6) is 0 Å². The number of ether oxygens (including phenoxy) is 1. The van der Waals surface area contributed by atoms with Crippen molar-refractivity contribution in [2.24, 2.45) is 0 Å². The number of carboxylic acids is 1. The van der Waals surface area contributed by atoms with Crippen molar-refractivity contribution >= 4 is 5.97 Å². The molecule has 19 heavy (non-hydrogen) atoms. The highest BCUT2D eigenvalue weighted by molar-refractivity contribution is 5.88. The lowest BCUT2D eigenvalue weighted by Gasteiger charge is -2.36. The van der Waals surface area contributed by atoms with Crippen molar-refractivity contribution in [3.63, 3.8) is 0 Å². The van der Waals surface area contributed by atoms with Gasteiger partial charge in [-0.3, -0.25) is 4.90 Å². The van der Waals surface area contributed by atoms with E-state index in [-0.39, 0.29) is 5.56 Å². The van der Waals surface area contributed by atoms with Crippen molar-refractivity contribution in [1.29, 1.82) is 0 Å². The van der Waals surface area contributed by atoms with E-state index in [9.17, 15) is 4.79 Å². The molecule has 1 aliphatic rings. The minimum atomic E-state index is -0.977. The number of nitrogens with zero attached hydrogens (tertiary/aromatic N) is 3. The average Bonchev–Trinajstić information content (AvgIpc) is 2.41. The van der Waals surface area contributed by atoms with Gasteiger partial charge in [-0.1, -0.05) is 0 Å². The molecule has 2 heterocycles. The van der Waals surface area contributed by atoms with Gasteiger partial charge < -0.3 is 9.84 Å². The molecule has 104 valence electrons. The van der Waals surface area contributed by atoms with Crippen molar-refractivity contribution in [2.75, 3.05) is 13.7 Å². The first-order chi connectivity index (χ1) is 9.11. The van der Waals surface area contributed by atoms with Crippen LogP contribution in [0.15, 0.2) is 12.5 Å². The van der Waals surface area contributed by atoms with Crippen LogP contribution in [0.25, 0.3) is 0 Å². The molecule has 2 atom stereocenters. The first kappa shape index (κ1) is 13.9. The summed E-state index contributed by atoms with van der Waals surface area (Å²) in [4.78, 5) is 21.2. The number of rotatable bonds is 4. The van der Waals surface area contributed by atoms with E-state index < -0.39 is 5.97 Å². The lowest BCUT2D eigenvalue weighted by Crippen LogP contribution is -2.43. The van der Waals surface area contributed by atoms with Gasteiger partial charge in [0.15, 0.2) is 0 Å². The first-order valence-corrected chi connectivity index (χ1v) is 6.40. The maximum Gasteiger partial charge on any atom is 0.339 e. The van der Waals surface area contributed by atoms with E-state index >= 15 is 0 Å². The highest BCUT2D eigenvalue weighted by atomic mass is 16.5. The number of hydrogen-bond donors (Lipinski definition) is 1. The van der Waals surface area contributed by atoms with Gasteiger partial charge in [-0.25, -0.2) is 14.8 Å². The van der Waals surface area contributed by atoms with Gasteiger partial charge in [0.05, 0.1) is 11.8 Å². The van der Waals surface area contributed by atoms with E-state index in [2.05, 4.69) is 21.8 Å². The molecule has 1 aliphatic heterocycles. The highest BCUT2D eigenvalue weighted by Crippen LogP contribution is 2.21. The molecule has 1 aromatic rings. The summed E-state index contributed by atoms with van der Waals surface area (Å²) in [7, 11) is 1.74. The van der Waals surface area contributed by atoms with Gasteiger partial charge in [-0.15, -0.1) is 0 Å². The number of aromatic nitrogens is 2. The van der Waals surface area contributed by atoms with E-state index in [0.717, 1.165) is 19.4 Å². The predicted octanol–water partition coefficient (Wildman–Crippen LogP) is 1.17. The first-order valence-electron chi connectivity index (χ1n) is 6.40. The van der Waals surface area contributed by atoms with Gasteiger partial charge in [-0.2, -0.15) is 0 Å². The van der Waals surface area contributed by atoms with Crippen LogP contribution in [0.4, 0.5) is 0 Å². The van der Waals surface area contributed by atoms with Gasteiger partial charge in [0.25, 0.3) is 0 Å². The molecule has 0 saturated carbocycles. The zero-order chi connectivity index (χ0) is 13.8. The van der Waals surface area contributed by atoms with Crippen LogP contribution in [-0.2, 0) is 11.3 Å². The van der Waals surface area contributed by atoms with E-state index in [4.69, 9.17) is 9.84 Å². The molecular weight excluding hydrogens is 246 g/mol. The maximum atomic E-state index is 11.1. The fourth-order valence-electron chi connectivity index (χ4n) is 2.48. The Morgan fingerprint density at radius 1 is 1.63 bits per heavy atom. The minimum absolute atomic E-state index is 0.184. The van der Waals surface area contributed by atoms with E-state index in [1.54, 1.807) is 7.11 Å². The van der Waals surface area contributed by atoms with Crippen molar-refractivity contribution in [1.82, 2.24) is 14.9 Å². The summed E-state index contributed by atoms with van der Waals surface area (Å²) in [5.41, 5.74) is 0.758. The van der Waals surface area contributed by atoms with E-state index in [1.807, 2.05) is 0 Å². The quantitative estimate of drug-likeness (QED) is 0.881. The number of aromatic carboxylic acids is 1. The molecule has 6 nitrogen and oxygen atoms in total. The van der Waals surface area contributed by atoms with Gasteiger partial charge >= 0.3 is 5.97 Å². The summed E-state index contributed by atoms with van der Waals surface area (Å²) in [5.74, 6) is -0.977. The summed E-state index contributed by atoms with van der Waals surface area (Å²) in [6, 6.07) is 0.357. The van der Waals surface area contributed by atoms with Gasteiger partial charge in [0.2, 0.25) is 0 Å². The Morgan fingerprint density at radius 3 is 3.05 bits per heavy atom. The number of carboxylic acid groups (broad SMARTS) is 1. The Balaban J connectivity index is 2.07. The molecule has 2 unspecified atom stereocenters. The molecule has 0 spiro atoms. The third-order valence-electron chi connectivity index (χ3n) is 3.68. The molecule has 6 heteroatoms. The minimum Gasteiger partial charge on any atom is -0.478 e. The zero-order valence-electron chi connectivity index (χ0n) is 11.2. The van der Waals surface area contributed by atoms with E-state index in [1.165, 1.54) is 12.5 Å². The summed E-state index contributed by atoms with van der Waals surface area (Å²) in [6.07, 6.45) is 4.99. The lowest BCUT2D eigenvalue weighted by molar-refractivity contribution is 0.0123. The van der Waals surface area contributed by atoms with Crippen molar-refractivity contribution in [3.05, 3.63) is 23.8 Å². The number of piperidine rings is 1. The monoisotopic (exact) mass is 265 g/mol. The van der Waals surface area contributed by atoms with Crippen LogP contribution < -0.4 is 0 Å². The van der Waals surface area contributed by atoms with Crippen molar-refractivity contribution in [3.8, 4) is 0 Å². The molecule has 1 fully saturated rings. The molecule has 1 N–H and O–H groups in total. The van der Waals surface area contributed by atoms with Crippen LogP contribution in [0.2, 0.25) is 0 Å². The van der Waals surface area contributed by atoms with Crippen LogP contribution in [0.1, 0.15) is 35.8 Å². The summed E-state index contributed by atoms with van der Waals surface area (Å²) in [5, 5.41) is 9.12. The molecule has 0 aromatic carbocycles. The lowest BCUT2D eigenvalue weighted by atomic mass is 10.00. The topological polar surface area (TPSA) is 75.5 Å². The highest BCUT2D eigenvalue weighted by Gasteiger charge is 2.26. The second kappa shape index (κ2) is 6.08. The Bertz CT molecular complexity index is 453. The SMILES string of the molecule is COC1CCN(Cc2ncncc2C(=O)O)C(C)C1. The maximum absolute atomic E-state index is 11.1. The van der Waals surface area contributed by atoms with Gasteiger partial charge in [-0.05, 0) is 19.8 Å². The largest absolute Gasteiger partial charge is 0.478 e. The second-order valence-electron chi connectivity index (χ2n) is 4.89. The van der Waals surface area contributed by atoms with Gasteiger partial charge in [0.1, 0.15) is 11.9 Å². The number of carbonyl (C=O) groups is 1. The summed E-state index contributed by atoms with van der Waals surface area (Å²) < 4.78 is 5.38. The molecule has 0 bridgehead atoms. The third kappa shape index (κ3) is 3.27. The van der Waals surface area contributed by atoms with E-state index in [0.29, 0.717) is 24.4 Å². The van der Waals surface area contributed by atoms with Crippen LogP contribution >= 0.6 is 0 Å². The number of likely N-dealkylation sites (tertiary alicyclic amines) is 1. The predicted molar refractivity (Wildman–Crippen MR) is 68.9 cm³/mol. The Labute approximate surface area is 112 Å². The number of methoxy groups -OCH3 is 1. The second-order valence-corrected chi connectivity index (χ2v) is 4.89. The molecule has 2 rings (SSSR count). The fourth-order valence-corrected chi connectivity index (χ4v) is 2.48. The molecule has 0 radical (unpaired) electrons. The smallest absolute Gasteiger partial charge is 0.339 e. The normalized spacial score (nSPS) is 24.3. The van der Waals surface area contributed by atoms with Gasteiger partial charge in [0, 0.05) is 32.4 Å².